The monoisotopic (exact) mass is 383 g/mol. The van der Waals surface area contributed by atoms with Crippen LogP contribution in [0, 0.1) is 26.6 Å². The van der Waals surface area contributed by atoms with Crippen LogP contribution in [-0.4, -0.2) is 31.8 Å². The molecule has 1 aromatic carbocycles. The first kappa shape index (κ1) is 19.5. The van der Waals surface area contributed by atoms with Gasteiger partial charge in [-0.05, 0) is 50.6 Å². The van der Waals surface area contributed by atoms with Gasteiger partial charge in [-0.2, -0.15) is 10.1 Å². The van der Waals surface area contributed by atoms with E-state index in [0.29, 0.717) is 11.3 Å². The molecule has 8 heteroatoms. The van der Waals surface area contributed by atoms with E-state index in [-0.39, 0.29) is 24.3 Å². The summed E-state index contributed by atoms with van der Waals surface area (Å²) in [5.41, 5.74) is 3.51. The van der Waals surface area contributed by atoms with Crippen molar-refractivity contribution in [3.8, 4) is 11.1 Å². The number of hydrogen-bond donors (Lipinski definition) is 1. The minimum atomic E-state index is -0.499. The zero-order chi connectivity index (χ0) is 20.4. The number of benzene rings is 1. The van der Waals surface area contributed by atoms with E-state index in [4.69, 9.17) is 0 Å². The van der Waals surface area contributed by atoms with E-state index in [2.05, 4.69) is 15.4 Å². The van der Waals surface area contributed by atoms with Gasteiger partial charge in [0.05, 0.1) is 6.20 Å². The van der Waals surface area contributed by atoms with E-state index < -0.39 is 11.7 Å². The Balaban J connectivity index is 1.75. The largest absolute Gasteiger partial charge is 0.350 e. The summed E-state index contributed by atoms with van der Waals surface area (Å²) in [5, 5.41) is 6.89. The fourth-order valence-electron chi connectivity index (χ4n) is 3.09. The topological polar surface area (TPSA) is 81.8 Å². The third-order valence-electron chi connectivity index (χ3n) is 4.67. The van der Waals surface area contributed by atoms with E-state index in [9.17, 15) is 14.0 Å². The molecule has 0 saturated carbocycles. The van der Waals surface area contributed by atoms with E-state index in [1.165, 1.54) is 16.7 Å². The highest BCUT2D eigenvalue weighted by molar-refractivity contribution is 5.95. The highest BCUT2D eigenvalue weighted by Gasteiger charge is 2.13. The van der Waals surface area contributed by atoms with E-state index in [1.807, 2.05) is 13.8 Å². The Morgan fingerprint density at radius 3 is 2.57 bits per heavy atom. The van der Waals surface area contributed by atoms with Crippen LogP contribution in [0.4, 0.5) is 4.39 Å². The highest BCUT2D eigenvalue weighted by atomic mass is 19.1. The molecule has 3 rings (SSSR count). The quantitative estimate of drug-likeness (QED) is 0.732. The van der Waals surface area contributed by atoms with Crippen LogP contribution in [0.1, 0.15) is 27.4 Å². The number of aryl methyl sites for hydroxylation is 3. The summed E-state index contributed by atoms with van der Waals surface area (Å²) < 4.78 is 17.3. The van der Waals surface area contributed by atoms with Gasteiger partial charge in [0.25, 0.3) is 5.91 Å². The maximum atomic E-state index is 14.1. The molecule has 0 aliphatic heterocycles. The van der Waals surface area contributed by atoms with Crippen LogP contribution in [0.15, 0.2) is 35.3 Å². The predicted molar refractivity (Wildman–Crippen MR) is 104 cm³/mol. The van der Waals surface area contributed by atoms with E-state index >= 15 is 0 Å². The van der Waals surface area contributed by atoms with Crippen molar-refractivity contribution < 1.29 is 9.18 Å². The molecule has 0 bridgehead atoms. The van der Waals surface area contributed by atoms with E-state index in [0.717, 1.165) is 17.0 Å². The molecule has 0 aliphatic carbocycles. The Morgan fingerprint density at radius 1 is 1.18 bits per heavy atom. The lowest BCUT2D eigenvalue weighted by molar-refractivity contribution is 0.0951. The van der Waals surface area contributed by atoms with Crippen molar-refractivity contribution in [2.45, 2.75) is 27.3 Å². The average molecular weight is 383 g/mol. The Labute approximate surface area is 161 Å². The van der Waals surface area contributed by atoms with Gasteiger partial charge in [-0.25, -0.2) is 9.18 Å². The molecule has 1 N–H and O–H groups in total. The fourth-order valence-corrected chi connectivity index (χ4v) is 3.09. The lowest BCUT2D eigenvalue weighted by atomic mass is 10.0. The van der Waals surface area contributed by atoms with Gasteiger partial charge < -0.3 is 5.32 Å². The molecule has 3 aromatic rings. The molecule has 0 atom stereocenters. The first-order valence-electron chi connectivity index (χ1n) is 8.89. The molecule has 0 saturated heterocycles. The third-order valence-corrected chi connectivity index (χ3v) is 4.67. The number of nitrogens with zero attached hydrogens (tertiary/aromatic N) is 4. The number of rotatable bonds is 5. The third kappa shape index (κ3) is 4.00. The molecule has 7 nitrogen and oxygen atoms in total. The van der Waals surface area contributed by atoms with Gasteiger partial charge in [0.1, 0.15) is 5.82 Å². The Kier molecular flexibility index (Phi) is 5.39. The SMILES string of the molecule is Cc1cc(C)n(CCNC(=O)c2cc(F)cc(-c3cnn(C)c3C)c2)c(=O)n1. The Morgan fingerprint density at radius 2 is 1.93 bits per heavy atom. The van der Waals surface area contributed by atoms with Crippen LogP contribution >= 0.6 is 0 Å². The molecule has 0 spiro atoms. The van der Waals surface area contributed by atoms with Crippen LogP contribution < -0.4 is 11.0 Å². The number of hydrogen-bond acceptors (Lipinski definition) is 4. The van der Waals surface area contributed by atoms with Gasteiger partial charge in [0.2, 0.25) is 0 Å². The lowest BCUT2D eigenvalue weighted by Gasteiger charge is -2.11. The molecule has 0 radical (unpaired) electrons. The summed E-state index contributed by atoms with van der Waals surface area (Å²) in [5.74, 6) is -0.909. The molecule has 2 aromatic heterocycles. The molecule has 0 unspecified atom stereocenters. The number of nitrogens with one attached hydrogen (secondary N) is 1. The first-order chi connectivity index (χ1) is 13.3. The smallest absolute Gasteiger partial charge is 0.348 e. The number of amides is 1. The second-order valence-electron chi connectivity index (χ2n) is 6.72. The second-order valence-corrected chi connectivity index (χ2v) is 6.72. The van der Waals surface area contributed by atoms with Gasteiger partial charge in [0, 0.05) is 48.3 Å². The van der Waals surface area contributed by atoms with Crippen LogP contribution in [-0.2, 0) is 13.6 Å². The van der Waals surface area contributed by atoms with Crippen LogP contribution in [0.3, 0.4) is 0 Å². The van der Waals surface area contributed by atoms with Gasteiger partial charge >= 0.3 is 5.69 Å². The number of carbonyl (C=O) groups is 1. The van der Waals surface area contributed by atoms with Crippen molar-refractivity contribution in [1.82, 2.24) is 24.6 Å². The average Bonchev–Trinajstić information content (AvgIpc) is 2.95. The van der Waals surface area contributed by atoms with Crippen molar-refractivity contribution in [3.05, 3.63) is 69.4 Å². The zero-order valence-electron chi connectivity index (χ0n) is 16.3. The minimum absolute atomic E-state index is 0.212. The van der Waals surface area contributed by atoms with Gasteiger partial charge in [-0.3, -0.25) is 14.0 Å². The van der Waals surface area contributed by atoms with Gasteiger partial charge in [-0.15, -0.1) is 0 Å². The first-order valence-corrected chi connectivity index (χ1v) is 8.89. The molecule has 0 aliphatic rings. The standard InChI is InChI=1S/C20H22FN5O2/c1-12-7-13(2)26(20(28)24-12)6-5-22-19(27)16-8-15(9-17(21)10-16)18-11-23-25(4)14(18)3/h7-11H,5-6H2,1-4H3,(H,22,27). The summed E-state index contributed by atoms with van der Waals surface area (Å²) in [7, 11) is 1.80. The molecule has 146 valence electrons. The summed E-state index contributed by atoms with van der Waals surface area (Å²) in [6, 6.07) is 6.00. The van der Waals surface area contributed by atoms with Crippen molar-refractivity contribution >= 4 is 5.91 Å². The Hall–Kier alpha value is -3.29. The fraction of sp³-hybridized carbons (Fsp3) is 0.300. The maximum Gasteiger partial charge on any atom is 0.348 e. The zero-order valence-corrected chi connectivity index (χ0v) is 16.3. The number of halogens is 1. The summed E-state index contributed by atoms with van der Waals surface area (Å²) in [6.45, 7) is 5.96. The van der Waals surface area contributed by atoms with Crippen molar-refractivity contribution in [3.63, 3.8) is 0 Å². The Bertz CT molecular complexity index is 1100. The van der Waals surface area contributed by atoms with Crippen molar-refractivity contribution in [1.29, 1.82) is 0 Å². The van der Waals surface area contributed by atoms with Crippen LogP contribution in [0.5, 0.6) is 0 Å². The van der Waals surface area contributed by atoms with Crippen molar-refractivity contribution in [2.75, 3.05) is 6.54 Å². The van der Waals surface area contributed by atoms with Crippen LogP contribution in [0.2, 0.25) is 0 Å². The number of aromatic nitrogens is 4. The summed E-state index contributed by atoms with van der Waals surface area (Å²) >= 11 is 0. The molecule has 1 amide bonds. The summed E-state index contributed by atoms with van der Waals surface area (Å²) in [6.07, 6.45) is 1.64. The number of carbonyl (C=O) groups excluding carboxylic acids is 1. The predicted octanol–water partition coefficient (Wildman–Crippen LogP) is 2.14. The highest BCUT2D eigenvalue weighted by Crippen LogP contribution is 2.24. The van der Waals surface area contributed by atoms with Crippen LogP contribution in [0.25, 0.3) is 11.1 Å². The normalized spacial score (nSPS) is 10.9. The van der Waals surface area contributed by atoms with Gasteiger partial charge in [0.15, 0.2) is 0 Å². The summed E-state index contributed by atoms with van der Waals surface area (Å²) in [4.78, 5) is 28.3. The van der Waals surface area contributed by atoms with E-state index in [1.54, 1.807) is 37.0 Å². The van der Waals surface area contributed by atoms with Gasteiger partial charge in [-0.1, -0.05) is 0 Å². The maximum absolute atomic E-state index is 14.1. The second kappa shape index (κ2) is 7.75. The molecule has 0 fully saturated rings. The minimum Gasteiger partial charge on any atom is -0.350 e. The molecule has 2 heterocycles. The molecular weight excluding hydrogens is 361 g/mol. The van der Waals surface area contributed by atoms with Crippen molar-refractivity contribution in [2.24, 2.45) is 7.05 Å². The molecule has 28 heavy (non-hydrogen) atoms. The molecular formula is C20H22FN5O2. The lowest BCUT2D eigenvalue weighted by Crippen LogP contribution is -2.33.